The molecule has 1 heterocycles. The molecule has 0 radical (unpaired) electrons. The number of benzene rings is 1. The monoisotopic (exact) mass is 288 g/mol. The van der Waals surface area contributed by atoms with Crippen LogP contribution in [0.15, 0.2) is 18.2 Å². The van der Waals surface area contributed by atoms with Gasteiger partial charge in [0.05, 0.1) is 11.2 Å². The van der Waals surface area contributed by atoms with Crippen LogP contribution < -0.4 is 5.73 Å². The number of nitrogen functional groups attached to an aromatic ring is 1. The van der Waals surface area contributed by atoms with Gasteiger partial charge in [0.2, 0.25) is 5.91 Å². The predicted octanol–water partition coefficient (Wildman–Crippen LogP) is 2.58. The SMILES string of the molecule is CCCN(CCC)C(=O)Cn1c(C)nc2c(N)cccc21. The molecule has 21 heavy (non-hydrogen) atoms. The standard InChI is InChI=1S/C16H24N4O/c1-4-9-19(10-5-2)15(21)11-20-12(3)18-16-13(17)7-6-8-14(16)20/h6-8H,4-5,9-11,17H2,1-3H3. The Labute approximate surface area is 125 Å². The number of hydrogen-bond acceptors (Lipinski definition) is 3. The molecule has 114 valence electrons. The van der Waals surface area contributed by atoms with Gasteiger partial charge in [0.15, 0.2) is 0 Å². The molecule has 0 saturated carbocycles. The van der Waals surface area contributed by atoms with E-state index in [1.807, 2.05) is 34.6 Å². The van der Waals surface area contributed by atoms with Crippen molar-refractivity contribution in [3.8, 4) is 0 Å². The third kappa shape index (κ3) is 3.17. The van der Waals surface area contributed by atoms with Crippen molar-refractivity contribution in [1.82, 2.24) is 14.5 Å². The van der Waals surface area contributed by atoms with E-state index in [1.165, 1.54) is 0 Å². The molecule has 0 unspecified atom stereocenters. The van der Waals surface area contributed by atoms with Crippen LogP contribution in [-0.4, -0.2) is 33.4 Å². The zero-order chi connectivity index (χ0) is 15.4. The first kappa shape index (κ1) is 15.4. The Morgan fingerprint density at radius 1 is 1.29 bits per heavy atom. The molecule has 0 bridgehead atoms. The molecule has 2 aromatic rings. The Hall–Kier alpha value is -2.04. The average Bonchev–Trinajstić information content (AvgIpc) is 2.77. The van der Waals surface area contributed by atoms with Crippen LogP contribution in [0.25, 0.3) is 11.0 Å². The molecule has 1 amide bonds. The lowest BCUT2D eigenvalue weighted by Gasteiger charge is -2.22. The predicted molar refractivity (Wildman–Crippen MR) is 86.0 cm³/mol. The summed E-state index contributed by atoms with van der Waals surface area (Å²) in [6, 6.07) is 5.69. The summed E-state index contributed by atoms with van der Waals surface area (Å²) in [6.45, 7) is 8.03. The van der Waals surface area contributed by atoms with Crippen molar-refractivity contribution >= 4 is 22.6 Å². The quantitative estimate of drug-likeness (QED) is 0.831. The number of fused-ring (bicyclic) bond motifs is 1. The van der Waals surface area contributed by atoms with Gasteiger partial charge in [-0.3, -0.25) is 4.79 Å². The topological polar surface area (TPSA) is 64.2 Å². The Morgan fingerprint density at radius 3 is 2.57 bits per heavy atom. The summed E-state index contributed by atoms with van der Waals surface area (Å²) in [7, 11) is 0. The van der Waals surface area contributed by atoms with E-state index in [0.29, 0.717) is 12.2 Å². The number of imidazole rings is 1. The maximum Gasteiger partial charge on any atom is 0.242 e. The molecule has 2 rings (SSSR count). The second-order valence-electron chi connectivity index (χ2n) is 5.34. The van der Waals surface area contributed by atoms with Gasteiger partial charge < -0.3 is 15.2 Å². The summed E-state index contributed by atoms with van der Waals surface area (Å²) < 4.78 is 1.95. The van der Waals surface area contributed by atoms with Crippen molar-refractivity contribution in [2.24, 2.45) is 0 Å². The van der Waals surface area contributed by atoms with Crippen molar-refractivity contribution < 1.29 is 4.79 Å². The van der Waals surface area contributed by atoms with Crippen LogP contribution in [0.4, 0.5) is 5.69 Å². The molecule has 0 saturated heterocycles. The highest BCUT2D eigenvalue weighted by molar-refractivity contribution is 5.89. The van der Waals surface area contributed by atoms with Crippen molar-refractivity contribution in [2.75, 3.05) is 18.8 Å². The molecule has 5 heteroatoms. The third-order valence-corrected chi connectivity index (χ3v) is 3.63. The Bertz CT molecular complexity index is 626. The number of hydrogen-bond donors (Lipinski definition) is 1. The lowest BCUT2D eigenvalue weighted by atomic mass is 10.2. The first-order valence-electron chi connectivity index (χ1n) is 7.57. The minimum atomic E-state index is 0.142. The second kappa shape index (κ2) is 6.61. The van der Waals surface area contributed by atoms with E-state index in [2.05, 4.69) is 18.8 Å². The fourth-order valence-electron chi connectivity index (χ4n) is 2.62. The van der Waals surface area contributed by atoms with Gasteiger partial charge in [-0.05, 0) is 31.9 Å². The number of anilines is 1. The van der Waals surface area contributed by atoms with Gasteiger partial charge >= 0.3 is 0 Å². The summed E-state index contributed by atoms with van der Waals surface area (Å²) in [6.07, 6.45) is 1.95. The highest BCUT2D eigenvalue weighted by Crippen LogP contribution is 2.21. The number of aryl methyl sites for hydroxylation is 1. The summed E-state index contributed by atoms with van der Waals surface area (Å²) in [5.41, 5.74) is 8.31. The molecule has 0 fully saturated rings. The summed E-state index contributed by atoms with van der Waals surface area (Å²) in [5.74, 6) is 0.965. The van der Waals surface area contributed by atoms with Crippen LogP contribution in [0.3, 0.4) is 0 Å². The minimum absolute atomic E-state index is 0.142. The third-order valence-electron chi connectivity index (χ3n) is 3.63. The maximum atomic E-state index is 12.5. The molecule has 0 atom stereocenters. The lowest BCUT2D eigenvalue weighted by Crippen LogP contribution is -2.35. The highest BCUT2D eigenvalue weighted by atomic mass is 16.2. The summed E-state index contributed by atoms with van der Waals surface area (Å²) in [4.78, 5) is 18.9. The molecular weight excluding hydrogens is 264 g/mol. The van der Waals surface area contributed by atoms with Crippen molar-refractivity contribution in [3.63, 3.8) is 0 Å². The van der Waals surface area contributed by atoms with Crippen LogP contribution in [0.5, 0.6) is 0 Å². The number of nitrogens with two attached hydrogens (primary N) is 1. The first-order chi connectivity index (χ1) is 10.1. The van der Waals surface area contributed by atoms with Gasteiger partial charge in [-0.25, -0.2) is 4.98 Å². The smallest absolute Gasteiger partial charge is 0.242 e. The van der Waals surface area contributed by atoms with Crippen molar-refractivity contribution in [1.29, 1.82) is 0 Å². The average molecular weight is 288 g/mol. The van der Waals surface area contributed by atoms with E-state index in [0.717, 1.165) is 42.8 Å². The second-order valence-corrected chi connectivity index (χ2v) is 5.34. The minimum Gasteiger partial charge on any atom is -0.397 e. The zero-order valence-electron chi connectivity index (χ0n) is 13.1. The largest absolute Gasteiger partial charge is 0.397 e. The Kier molecular flexibility index (Phi) is 4.83. The fourth-order valence-corrected chi connectivity index (χ4v) is 2.62. The van der Waals surface area contributed by atoms with E-state index in [9.17, 15) is 4.79 Å². The summed E-state index contributed by atoms with van der Waals surface area (Å²) >= 11 is 0. The molecule has 1 aromatic heterocycles. The molecule has 1 aromatic carbocycles. The summed E-state index contributed by atoms with van der Waals surface area (Å²) in [5, 5.41) is 0. The van der Waals surface area contributed by atoms with E-state index in [4.69, 9.17) is 5.73 Å². The number of nitrogens with zero attached hydrogens (tertiary/aromatic N) is 3. The van der Waals surface area contributed by atoms with E-state index in [1.54, 1.807) is 0 Å². The van der Waals surface area contributed by atoms with Gasteiger partial charge in [0.25, 0.3) is 0 Å². The van der Waals surface area contributed by atoms with Gasteiger partial charge in [-0.1, -0.05) is 19.9 Å². The van der Waals surface area contributed by atoms with Gasteiger partial charge in [0, 0.05) is 13.1 Å². The van der Waals surface area contributed by atoms with E-state index >= 15 is 0 Å². The molecule has 0 spiro atoms. The van der Waals surface area contributed by atoms with Crippen LogP contribution in [-0.2, 0) is 11.3 Å². The molecule has 0 aliphatic rings. The number of aromatic nitrogens is 2. The normalized spacial score (nSPS) is 11.0. The van der Waals surface area contributed by atoms with Crippen molar-refractivity contribution in [2.45, 2.75) is 40.2 Å². The van der Waals surface area contributed by atoms with Gasteiger partial charge in [0.1, 0.15) is 17.9 Å². The molecule has 2 N–H and O–H groups in total. The fraction of sp³-hybridized carbons (Fsp3) is 0.500. The van der Waals surface area contributed by atoms with Crippen LogP contribution >= 0.6 is 0 Å². The number of carbonyl (C=O) groups excluding carboxylic acids is 1. The number of rotatable bonds is 6. The number of carbonyl (C=O) groups is 1. The first-order valence-corrected chi connectivity index (χ1v) is 7.57. The number of amides is 1. The molecule has 5 nitrogen and oxygen atoms in total. The van der Waals surface area contributed by atoms with Gasteiger partial charge in [-0.15, -0.1) is 0 Å². The van der Waals surface area contributed by atoms with E-state index < -0.39 is 0 Å². The zero-order valence-corrected chi connectivity index (χ0v) is 13.1. The van der Waals surface area contributed by atoms with Crippen LogP contribution in [0.1, 0.15) is 32.5 Å². The lowest BCUT2D eigenvalue weighted by molar-refractivity contribution is -0.131. The highest BCUT2D eigenvalue weighted by Gasteiger charge is 2.16. The Balaban J connectivity index is 2.28. The molecular formula is C16H24N4O. The van der Waals surface area contributed by atoms with E-state index in [-0.39, 0.29) is 5.91 Å². The van der Waals surface area contributed by atoms with Crippen LogP contribution in [0.2, 0.25) is 0 Å². The van der Waals surface area contributed by atoms with Crippen molar-refractivity contribution in [3.05, 3.63) is 24.0 Å². The van der Waals surface area contributed by atoms with Gasteiger partial charge in [-0.2, -0.15) is 0 Å². The maximum absolute atomic E-state index is 12.5. The number of para-hydroxylation sites is 1. The molecule has 0 aliphatic heterocycles. The Morgan fingerprint density at radius 2 is 1.95 bits per heavy atom. The molecule has 0 aliphatic carbocycles. The van der Waals surface area contributed by atoms with Crippen LogP contribution in [0, 0.1) is 6.92 Å².